The van der Waals surface area contributed by atoms with E-state index in [-0.39, 0.29) is 41.0 Å². The number of hydrogen-bond donors (Lipinski definition) is 0. The smallest absolute Gasteiger partial charge is 0.230 e. The van der Waals surface area contributed by atoms with Crippen LogP contribution in [-0.2, 0) is 30.6 Å². The SMILES string of the molecule is CCN(C(=O)Cc1ccc(S(C)(=O)=O)cc1)C1CCN(CCCN(C(=O)C2CCN(C(C)=O)CC2)c2ccc(C)c(Cl)c2)CC1. The molecule has 2 heterocycles. The molecule has 2 aliphatic rings. The Kier molecular flexibility index (Phi) is 12.1. The van der Waals surface area contributed by atoms with Gasteiger partial charge in [0.1, 0.15) is 0 Å². The summed E-state index contributed by atoms with van der Waals surface area (Å²) >= 11 is 6.46. The predicted molar refractivity (Wildman–Crippen MR) is 178 cm³/mol. The fourth-order valence-corrected chi connectivity index (χ4v) is 7.26. The van der Waals surface area contributed by atoms with Crippen molar-refractivity contribution in [2.24, 2.45) is 5.92 Å². The fraction of sp³-hybridized carbons (Fsp3) is 0.559. The minimum atomic E-state index is -3.27. The molecule has 9 nitrogen and oxygen atoms in total. The maximum atomic E-state index is 13.8. The fourth-order valence-electron chi connectivity index (χ4n) is 6.45. The van der Waals surface area contributed by atoms with Crippen LogP contribution >= 0.6 is 11.6 Å². The molecule has 2 saturated heterocycles. The Morgan fingerprint density at radius 3 is 2.16 bits per heavy atom. The molecule has 2 fully saturated rings. The van der Waals surface area contributed by atoms with E-state index in [4.69, 9.17) is 11.6 Å². The van der Waals surface area contributed by atoms with E-state index in [1.165, 1.54) is 6.26 Å². The molecule has 0 atom stereocenters. The molecule has 0 spiro atoms. The molecule has 45 heavy (non-hydrogen) atoms. The highest BCUT2D eigenvalue weighted by Gasteiger charge is 2.31. The summed E-state index contributed by atoms with van der Waals surface area (Å²) in [6.07, 6.45) is 5.35. The number of likely N-dealkylation sites (tertiary alicyclic amines) is 2. The van der Waals surface area contributed by atoms with Crippen LogP contribution in [0, 0.1) is 12.8 Å². The first kappa shape index (κ1) is 34.9. The van der Waals surface area contributed by atoms with E-state index in [0.29, 0.717) is 44.0 Å². The molecular formula is C34H47ClN4O5S. The van der Waals surface area contributed by atoms with Crippen molar-refractivity contribution in [3.05, 3.63) is 58.6 Å². The van der Waals surface area contributed by atoms with E-state index >= 15 is 0 Å². The Hall–Kier alpha value is -2.95. The third-order valence-corrected chi connectivity index (χ3v) is 10.8. The van der Waals surface area contributed by atoms with Crippen LogP contribution in [0.25, 0.3) is 0 Å². The second-order valence-corrected chi connectivity index (χ2v) is 14.8. The second-order valence-electron chi connectivity index (χ2n) is 12.4. The number of amides is 3. The van der Waals surface area contributed by atoms with Crippen molar-refractivity contribution in [3.63, 3.8) is 0 Å². The molecule has 0 saturated carbocycles. The van der Waals surface area contributed by atoms with Crippen LogP contribution in [0.4, 0.5) is 5.69 Å². The van der Waals surface area contributed by atoms with Gasteiger partial charge in [-0.1, -0.05) is 29.8 Å². The van der Waals surface area contributed by atoms with Crippen molar-refractivity contribution in [1.29, 1.82) is 0 Å². The molecule has 0 N–H and O–H groups in total. The normalized spacial score (nSPS) is 16.9. The summed E-state index contributed by atoms with van der Waals surface area (Å²) in [5, 5.41) is 0.639. The molecule has 2 aliphatic heterocycles. The molecule has 0 aliphatic carbocycles. The Balaban J connectivity index is 1.30. The van der Waals surface area contributed by atoms with E-state index < -0.39 is 9.84 Å². The third kappa shape index (κ3) is 9.30. The van der Waals surface area contributed by atoms with Gasteiger partial charge in [0.05, 0.1) is 11.3 Å². The van der Waals surface area contributed by atoms with Crippen LogP contribution in [0.15, 0.2) is 47.4 Å². The van der Waals surface area contributed by atoms with Crippen LogP contribution in [0.2, 0.25) is 5.02 Å². The van der Waals surface area contributed by atoms with Crippen LogP contribution in [0.3, 0.4) is 0 Å². The summed E-state index contributed by atoms with van der Waals surface area (Å²) in [5.74, 6) is 0.0918. The molecule has 2 aromatic carbocycles. The molecule has 3 amide bonds. The lowest BCUT2D eigenvalue weighted by Gasteiger charge is -2.38. The van der Waals surface area contributed by atoms with Crippen molar-refractivity contribution in [2.45, 2.75) is 70.2 Å². The number of aryl methyl sites for hydroxylation is 1. The molecule has 4 rings (SSSR count). The van der Waals surface area contributed by atoms with Crippen LogP contribution in [-0.4, -0.2) is 98.9 Å². The largest absolute Gasteiger partial charge is 0.343 e. The Morgan fingerprint density at radius 2 is 1.60 bits per heavy atom. The molecule has 11 heteroatoms. The lowest BCUT2D eigenvalue weighted by Crippen LogP contribution is -2.48. The van der Waals surface area contributed by atoms with Gasteiger partial charge in [0.15, 0.2) is 9.84 Å². The van der Waals surface area contributed by atoms with Crippen molar-refractivity contribution < 1.29 is 22.8 Å². The second kappa shape index (κ2) is 15.6. The number of anilines is 1. The van der Waals surface area contributed by atoms with Crippen LogP contribution in [0.1, 0.15) is 57.1 Å². The van der Waals surface area contributed by atoms with Crippen molar-refractivity contribution >= 4 is 44.8 Å². The maximum Gasteiger partial charge on any atom is 0.230 e. The molecule has 0 aromatic heterocycles. The van der Waals surface area contributed by atoms with Crippen LogP contribution in [0.5, 0.6) is 0 Å². The number of halogens is 1. The Morgan fingerprint density at radius 1 is 0.956 bits per heavy atom. The average molecular weight is 659 g/mol. The highest BCUT2D eigenvalue weighted by Crippen LogP contribution is 2.28. The Labute approximate surface area is 273 Å². The number of hydrogen-bond acceptors (Lipinski definition) is 6. The van der Waals surface area contributed by atoms with Gasteiger partial charge in [0.2, 0.25) is 17.7 Å². The summed E-state index contributed by atoms with van der Waals surface area (Å²) in [4.78, 5) is 47.1. The summed E-state index contributed by atoms with van der Waals surface area (Å²) in [6.45, 7) is 10.6. The standard InChI is InChI=1S/C34H47ClN4O5S/c1-5-38(33(41)23-27-8-11-31(12-9-27)45(4,43)44)29-15-19-36(20-16-29)17-6-18-39(30-10-7-25(2)32(35)24-30)34(42)28-13-21-37(22-14-28)26(3)40/h7-12,24,28-29H,5-6,13-23H2,1-4H3. The van der Waals surface area contributed by atoms with Gasteiger partial charge in [0, 0.05) is 75.1 Å². The first-order chi connectivity index (χ1) is 21.4. The lowest BCUT2D eigenvalue weighted by molar-refractivity contribution is -0.133. The van der Waals surface area contributed by atoms with Gasteiger partial charge in [-0.3, -0.25) is 14.4 Å². The topological polar surface area (TPSA) is 98.3 Å². The van der Waals surface area contributed by atoms with E-state index in [0.717, 1.165) is 55.7 Å². The molecule has 0 unspecified atom stereocenters. The summed E-state index contributed by atoms with van der Waals surface area (Å²) in [7, 11) is -3.27. The van der Waals surface area contributed by atoms with Gasteiger partial charge in [-0.05, 0) is 87.9 Å². The number of benzene rings is 2. The minimum absolute atomic E-state index is 0.0551. The average Bonchev–Trinajstić information content (AvgIpc) is 3.01. The monoisotopic (exact) mass is 658 g/mol. The first-order valence-electron chi connectivity index (χ1n) is 16.0. The molecule has 0 bridgehead atoms. The number of nitrogens with zero attached hydrogens (tertiary/aromatic N) is 4. The van der Waals surface area contributed by atoms with Gasteiger partial charge in [0.25, 0.3) is 0 Å². The van der Waals surface area contributed by atoms with Gasteiger partial charge in [-0.15, -0.1) is 0 Å². The highest BCUT2D eigenvalue weighted by molar-refractivity contribution is 7.90. The van der Waals surface area contributed by atoms with E-state index in [9.17, 15) is 22.8 Å². The van der Waals surface area contributed by atoms with E-state index in [1.54, 1.807) is 31.2 Å². The predicted octanol–water partition coefficient (Wildman–Crippen LogP) is 4.59. The van der Waals surface area contributed by atoms with Gasteiger partial charge in [-0.2, -0.15) is 0 Å². The summed E-state index contributed by atoms with van der Waals surface area (Å²) < 4.78 is 23.5. The number of piperidine rings is 2. The van der Waals surface area contributed by atoms with Gasteiger partial charge >= 0.3 is 0 Å². The summed E-state index contributed by atoms with van der Waals surface area (Å²) in [5.41, 5.74) is 2.59. The van der Waals surface area contributed by atoms with Crippen molar-refractivity contribution in [2.75, 3.05) is 57.0 Å². The van der Waals surface area contributed by atoms with Gasteiger partial charge < -0.3 is 19.6 Å². The number of carbonyl (C=O) groups is 3. The lowest BCUT2D eigenvalue weighted by atomic mass is 9.94. The third-order valence-electron chi connectivity index (χ3n) is 9.24. The zero-order valence-corrected chi connectivity index (χ0v) is 28.6. The zero-order valence-electron chi connectivity index (χ0n) is 27.0. The van der Waals surface area contributed by atoms with E-state index in [2.05, 4.69) is 4.90 Å². The minimum Gasteiger partial charge on any atom is -0.343 e. The van der Waals surface area contributed by atoms with E-state index in [1.807, 2.05) is 46.7 Å². The quantitative estimate of drug-likeness (QED) is 0.350. The zero-order chi connectivity index (χ0) is 32.7. The Bertz CT molecular complexity index is 1450. The summed E-state index contributed by atoms with van der Waals surface area (Å²) in [6, 6.07) is 12.5. The number of rotatable bonds is 11. The number of sulfone groups is 1. The molecule has 0 radical (unpaired) electrons. The molecule has 2 aromatic rings. The van der Waals surface area contributed by atoms with Gasteiger partial charge in [-0.25, -0.2) is 8.42 Å². The first-order valence-corrected chi connectivity index (χ1v) is 18.3. The van der Waals surface area contributed by atoms with Crippen molar-refractivity contribution in [3.8, 4) is 0 Å². The molecule has 246 valence electrons. The number of likely N-dealkylation sites (N-methyl/N-ethyl adjacent to an activating group) is 1. The van der Waals surface area contributed by atoms with Crippen molar-refractivity contribution in [1.82, 2.24) is 14.7 Å². The molecular weight excluding hydrogens is 612 g/mol. The highest BCUT2D eigenvalue weighted by atomic mass is 35.5. The number of carbonyl (C=O) groups excluding carboxylic acids is 3. The maximum absolute atomic E-state index is 13.8. The van der Waals surface area contributed by atoms with Crippen LogP contribution < -0.4 is 4.90 Å².